The molecule has 0 saturated heterocycles. The predicted molar refractivity (Wildman–Crippen MR) is 84.6 cm³/mol. The van der Waals surface area contributed by atoms with E-state index >= 15 is 0 Å². The maximum atomic E-state index is 12.1. The minimum Gasteiger partial charge on any atom is -0.505 e. The van der Waals surface area contributed by atoms with Crippen LogP contribution in [0.25, 0.3) is 0 Å². The molecule has 0 aliphatic carbocycles. The molecular weight excluding hydrogens is 367 g/mol. The second kappa shape index (κ2) is 5.91. The molecule has 0 saturated carbocycles. The first kappa shape index (κ1) is 15.0. The molecule has 0 aliphatic heterocycles. The summed E-state index contributed by atoms with van der Waals surface area (Å²) >= 11 is 15.2. The van der Waals surface area contributed by atoms with Gasteiger partial charge in [-0.2, -0.15) is 0 Å². The number of phenols is 1. The van der Waals surface area contributed by atoms with Crippen LogP contribution in [0.2, 0.25) is 10.0 Å². The van der Waals surface area contributed by atoms with Crippen molar-refractivity contribution in [2.75, 3.05) is 11.1 Å². The molecule has 0 spiro atoms. The lowest BCUT2D eigenvalue weighted by Gasteiger charge is -2.11. The molecule has 0 atom stereocenters. The van der Waals surface area contributed by atoms with E-state index in [0.717, 1.165) is 0 Å². The molecule has 0 unspecified atom stereocenters. The first-order valence-corrected chi connectivity index (χ1v) is 6.99. The van der Waals surface area contributed by atoms with Gasteiger partial charge in [-0.3, -0.25) is 4.79 Å². The van der Waals surface area contributed by atoms with Crippen molar-refractivity contribution in [3.8, 4) is 5.75 Å². The summed E-state index contributed by atoms with van der Waals surface area (Å²) in [7, 11) is 0. The van der Waals surface area contributed by atoms with Crippen LogP contribution in [-0.2, 0) is 0 Å². The first-order valence-electron chi connectivity index (χ1n) is 5.44. The highest BCUT2D eigenvalue weighted by molar-refractivity contribution is 9.10. The van der Waals surface area contributed by atoms with Gasteiger partial charge in [-0.15, -0.1) is 0 Å². The fourth-order valence-corrected chi connectivity index (χ4v) is 2.38. The number of hydrogen-bond donors (Lipinski definition) is 3. The largest absolute Gasteiger partial charge is 0.505 e. The molecule has 2 aromatic rings. The highest BCUT2D eigenvalue weighted by Crippen LogP contribution is 2.36. The van der Waals surface area contributed by atoms with Crippen molar-refractivity contribution in [2.24, 2.45) is 0 Å². The Morgan fingerprint density at radius 2 is 1.90 bits per heavy atom. The number of rotatable bonds is 2. The molecule has 1 amide bonds. The first-order chi connectivity index (χ1) is 9.41. The minimum absolute atomic E-state index is 0.0557. The number of nitrogens with two attached hydrogens (primary N) is 1. The van der Waals surface area contributed by atoms with Gasteiger partial charge in [0.15, 0.2) is 5.75 Å². The van der Waals surface area contributed by atoms with E-state index in [-0.39, 0.29) is 22.0 Å². The second-order valence-corrected chi connectivity index (χ2v) is 5.53. The molecule has 0 heterocycles. The van der Waals surface area contributed by atoms with E-state index in [4.69, 9.17) is 28.9 Å². The SMILES string of the molecule is Nc1cccc(C(=O)Nc2ccc(Br)c(Cl)c2Cl)c1O. The molecule has 0 aliphatic rings. The monoisotopic (exact) mass is 374 g/mol. The molecule has 0 radical (unpaired) electrons. The summed E-state index contributed by atoms with van der Waals surface area (Å²) in [6, 6.07) is 7.77. The third-order valence-electron chi connectivity index (χ3n) is 2.60. The Balaban J connectivity index is 2.33. The number of amides is 1. The average Bonchev–Trinajstić information content (AvgIpc) is 2.42. The molecule has 104 valence electrons. The predicted octanol–water partition coefficient (Wildman–Crippen LogP) is 4.30. The number of benzene rings is 2. The molecule has 2 aromatic carbocycles. The number of halogens is 3. The van der Waals surface area contributed by atoms with E-state index in [1.807, 2.05) is 0 Å². The third-order valence-corrected chi connectivity index (χ3v) is 4.37. The quantitative estimate of drug-likeness (QED) is 0.416. The van der Waals surface area contributed by atoms with Crippen LogP contribution in [0.1, 0.15) is 10.4 Å². The molecule has 4 nitrogen and oxygen atoms in total. The molecule has 4 N–H and O–H groups in total. The number of para-hydroxylation sites is 1. The van der Waals surface area contributed by atoms with E-state index < -0.39 is 5.91 Å². The second-order valence-electron chi connectivity index (χ2n) is 3.92. The lowest BCUT2D eigenvalue weighted by molar-refractivity contribution is 0.102. The summed E-state index contributed by atoms with van der Waals surface area (Å²) < 4.78 is 0.619. The summed E-state index contributed by atoms with van der Waals surface area (Å²) in [5, 5.41) is 12.8. The highest BCUT2D eigenvalue weighted by Gasteiger charge is 2.16. The molecule has 0 aromatic heterocycles. The Morgan fingerprint density at radius 3 is 2.60 bits per heavy atom. The van der Waals surface area contributed by atoms with Gasteiger partial charge in [-0.25, -0.2) is 0 Å². The molecule has 0 fully saturated rings. The van der Waals surface area contributed by atoms with E-state index in [2.05, 4.69) is 21.2 Å². The van der Waals surface area contributed by atoms with Crippen LogP contribution >= 0.6 is 39.1 Å². The van der Waals surface area contributed by atoms with Gasteiger partial charge in [0.05, 0.1) is 27.0 Å². The zero-order valence-corrected chi connectivity index (χ0v) is 13.1. The number of phenolic OH excluding ortho intramolecular Hbond substituents is 1. The van der Waals surface area contributed by atoms with Gasteiger partial charge >= 0.3 is 0 Å². The van der Waals surface area contributed by atoms with Crippen LogP contribution in [0.15, 0.2) is 34.8 Å². The van der Waals surface area contributed by atoms with Crippen LogP contribution in [0.3, 0.4) is 0 Å². The molecule has 2 rings (SSSR count). The normalized spacial score (nSPS) is 10.3. The fraction of sp³-hybridized carbons (Fsp3) is 0. The topological polar surface area (TPSA) is 75.4 Å². The number of hydrogen-bond acceptors (Lipinski definition) is 3. The Bertz CT molecular complexity index is 692. The van der Waals surface area contributed by atoms with Crippen LogP contribution in [0.5, 0.6) is 5.75 Å². The molecule has 7 heteroatoms. The fourth-order valence-electron chi connectivity index (χ4n) is 1.56. The van der Waals surface area contributed by atoms with Crippen LogP contribution < -0.4 is 11.1 Å². The number of nitrogen functional groups attached to an aromatic ring is 1. The van der Waals surface area contributed by atoms with Crippen molar-refractivity contribution < 1.29 is 9.90 Å². The number of carbonyl (C=O) groups is 1. The average molecular weight is 376 g/mol. The summed E-state index contributed by atoms with van der Waals surface area (Å²) in [5.74, 6) is -0.806. The molecular formula is C13H9BrCl2N2O2. The van der Waals surface area contributed by atoms with E-state index in [1.165, 1.54) is 12.1 Å². The van der Waals surface area contributed by atoms with E-state index in [9.17, 15) is 9.90 Å². The Morgan fingerprint density at radius 1 is 1.20 bits per heavy atom. The van der Waals surface area contributed by atoms with Crippen molar-refractivity contribution in [2.45, 2.75) is 0 Å². The van der Waals surface area contributed by atoms with Crippen molar-refractivity contribution in [1.82, 2.24) is 0 Å². The van der Waals surface area contributed by atoms with Gasteiger partial charge in [-0.1, -0.05) is 29.3 Å². The zero-order chi connectivity index (χ0) is 14.9. The van der Waals surface area contributed by atoms with Gasteiger partial charge in [0, 0.05) is 4.47 Å². The van der Waals surface area contributed by atoms with E-state index in [1.54, 1.807) is 18.2 Å². The van der Waals surface area contributed by atoms with Crippen LogP contribution in [0.4, 0.5) is 11.4 Å². The van der Waals surface area contributed by atoms with Gasteiger partial charge < -0.3 is 16.2 Å². The smallest absolute Gasteiger partial charge is 0.259 e. The van der Waals surface area contributed by atoms with E-state index in [0.29, 0.717) is 15.2 Å². The van der Waals surface area contributed by atoms with Crippen LogP contribution in [0, 0.1) is 0 Å². The zero-order valence-electron chi connectivity index (χ0n) is 9.95. The summed E-state index contributed by atoms with van der Waals surface area (Å²) in [4.78, 5) is 12.1. The van der Waals surface area contributed by atoms with Crippen molar-refractivity contribution >= 4 is 56.4 Å². The lowest BCUT2D eigenvalue weighted by atomic mass is 10.1. The van der Waals surface area contributed by atoms with Gasteiger partial charge in [0.25, 0.3) is 5.91 Å². The standard InChI is InChI=1S/C13H9BrCl2N2O2/c14-7-4-5-9(11(16)10(7)15)18-13(20)6-2-1-3-8(17)12(6)19/h1-5,19H,17H2,(H,18,20). The Hall–Kier alpha value is -1.43. The van der Waals surface area contributed by atoms with Crippen molar-refractivity contribution in [3.63, 3.8) is 0 Å². The number of carbonyl (C=O) groups excluding carboxylic acids is 1. The van der Waals surface area contributed by atoms with Gasteiger partial charge in [0.2, 0.25) is 0 Å². The maximum absolute atomic E-state index is 12.1. The maximum Gasteiger partial charge on any atom is 0.259 e. The van der Waals surface area contributed by atoms with Crippen LogP contribution in [-0.4, -0.2) is 11.0 Å². The minimum atomic E-state index is -0.532. The lowest BCUT2D eigenvalue weighted by Crippen LogP contribution is -2.13. The Labute approximate surface area is 133 Å². The highest BCUT2D eigenvalue weighted by atomic mass is 79.9. The third kappa shape index (κ3) is 2.85. The molecule has 20 heavy (non-hydrogen) atoms. The molecule has 0 bridgehead atoms. The summed E-state index contributed by atoms with van der Waals surface area (Å²) in [6.07, 6.45) is 0. The van der Waals surface area contributed by atoms with Crippen molar-refractivity contribution in [1.29, 1.82) is 0 Å². The van der Waals surface area contributed by atoms with Gasteiger partial charge in [0.1, 0.15) is 0 Å². The summed E-state index contributed by atoms with van der Waals surface area (Å²) in [5.41, 5.74) is 6.06. The number of nitrogens with one attached hydrogen (secondary N) is 1. The number of aromatic hydroxyl groups is 1. The van der Waals surface area contributed by atoms with Crippen molar-refractivity contribution in [3.05, 3.63) is 50.4 Å². The van der Waals surface area contributed by atoms with Gasteiger partial charge in [-0.05, 0) is 40.2 Å². The Kier molecular flexibility index (Phi) is 4.42. The summed E-state index contributed by atoms with van der Waals surface area (Å²) in [6.45, 7) is 0. The number of anilines is 2.